The lowest BCUT2D eigenvalue weighted by atomic mass is 10.1. The van der Waals surface area contributed by atoms with Crippen LogP contribution in [-0.2, 0) is 4.79 Å². The Morgan fingerprint density at radius 3 is 2.56 bits per heavy atom. The molecule has 1 amide bonds. The number of likely N-dealkylation sites (N-methyl/N-ethyl adjacent to an activating group) is 1. The quantitative estimate of drug-likeness (QED) is 0.760. The number of amides is 1. The first-order chi connectivity index (χ1) is 13.1. The van der Waals surface area contributed by atoms with Gasteiger partial charge >= 0.3 is 0 Å². The first kappa shape index (κ1) is 19.7. The second kappa shape index (κ2) is 9.24. The lowest BCUT2D eigenvalue weighted by molar-refractivity contribution is -0.113. The minimum Gasteiger partial charge on any atom is -0.369 e. The number of carbonyl (C=O) groups is 1. The van der Waals surface area contributed by atoms with Crippen molar-refractivity contribution in [3.8, 4) is 0 Å². The second-order valence-corrected chi connectivity index (χ2v) is 7.70. The van der Waals surface area contributed by atoms with E-state index >= 15 is 0 Å². The molecule has 3 rings (SSSR count). The topological polar surface area (TPSA) is 35.6 Å². The van der Waals surface area contributed by atoms with E-state index < -0.39 is 0 Å². The molecule has 0 unspecified atom stereocenters. The number of rotatable bonds is 6. The van der Waals surface area contributed by atoms with Crippen LogP contribution in [0.4, 0.5) is 15.8 Å². The number of hydrogen-bond acceptors (Lipinski definition) is 4. The molecule has 6 heteroatoms. The van der Waals surface area contributed by atoms with E-state index in [1.807, 2.05) is 13.0 Å². The maximum absolute atomic E-state index is 13.6. The summed E-state index contributed by atoms with van der Waals surface area (Å²) in [6, 6.07) is 12.7. The molecule has 1 saturated heterocycles. The Balaban J connectivity index is 1.56. The molecule has 0 aromatic heterocycles. The van der Waals surface area contributed by atoms with E-state index in [9.17, 15) is 9.18 Å². The van der Waals surface area contributed by atoms with Crippen molar-refractivity contribution < 1.29 is 9.18 Å². The average Bonchev–Trinajstić information content (AvgIpc) is 2.69. The van der Waals surface area contributed by atoms with Gasteiger partial charge in [-0.15, -0.1) is 11.8 Å². The number of benzene rings is 2. The van der Waals surface area contributed by atoms with Crippen molar-refractivity contribution in [2.75, 3.05) is 48.7 Å². The third-order valence-corrected chi connectivity index (χ3v) is 5.91. The third kappa shape index (κ3) is 5.23. The van der Waals surface area contributed by atoms with E-state index in [1.54, 1.807) is 18.2 Å². The van der Waals surface area contributed by atoms with Gasteiger partial charge in [-0.05, 0) is 49.4 Å². The smallest absolute Gasteiger partial charge is 0.234 e. The molecular formula is C21H26FN3OS. The van der Waals surface area contributed by atoms with Gasteiger partial charge in [0.1, 0.15) is 5.82 Å². The molecule has 1 heterocycles. The van der Waals surface area contributed by atoms with Crippen LogP contribution in [0.15, 0.2) is 47.4 Å². The molecule has 1 fully saturated rings. The van der Waals surface area contributed by atoms with Crippen molar-refractivity contribution in [3.05, 3.63) is 53.8 Å². The van der Waals surface area contributed by atoms with E-state index in [2.05, 4.69) is 34.2 Å². The summed E-state index contributed by atoms with van der Waals surface area (Å²) in [5.41, 5.74) is 3.04. The van der Waals surface area contributed by atoms with Crippen LogP contribution < -0.4 is 10.2 Å². The fraction of sp³-hybridized carbons (Fsp3) is 0.381. The van der Waals surface area contributed by atoms with Crippen molar-refractivity contribution in [2.45, 2.75) is 18.7 Å². The highest BCUT2D eigenvalue weighted by Crippen LogP contribution is 2.25. The van der Waals surface area contributed by atoms with Crippen LogP contribution in [0.3, 0.4) is 0 Å². The summed E-state index contributed by atoms with van der Waals surface area (Å²) in [5, 5.41) is 2.94. The zero-order valence-electron chi connectivity index (χ0n) is 15.9. The highest BCUT2D eigenvalue weighted by molar-refractivity contribution is 8.00. The van der Waals surface area contributed by atoms with Crippen molar-refractivity contribution in [2.24, 2.45) is 0 Å². The molecular weight excluding hydrogens is 361 g/mol. The van der Waals surface area contributed by atoms with Gasteiger partial charge in [0, 0.05) is 42.4 Å². The maximum Gasteiger partial charge on any atom is 0.234 e. The summed E-state index contributed by atoms with van der Waals surface area (Å²) in [7, 11) is 0. The number of nitrogens with one attached hydrogen (secondary N) is 1. The molecule has 1 aliphatic heterocycles. The number of hydrogen-bond donors (Lipinski definition) is 1. The Morgan fingerprint density at radius 2 is 1.89 bits per heavy atom. The van der Waals surface area contributed by atoms with E-state index in [4.69, 9.17) is 0 Å². The number of carbonyl (C=O) groups excluding carboxylic acids is 1. The van der Waals surface area contributed by atoms with Crippen LogP contribution in [0, 0.1) is 12.7 Å². The number of aryl methyl sites for hydroxylation is 1. The molecule has 0 saturated carbocycles. The lowest BCUT2D eigenvalue weighted by Gasteiger charge is -2.35. The Kier molecular flexibility index (Phi) is 6.74. The molecule has 0 atom stereocenters. The van der Waals surface area contributed by atoms with Crippen molar-refractivity contribution in [3.63, 3.8) is 0 Å². The molecule has 2 aromatic carbocycles. The average molecular weight is 388 g/mol. The Hall–Kier alpha value is -2.05. The van der Waals surface area contributed by atoms with Gasteiger partial charge < -0.3 is 15.1 Å². The van der Waals surface area contributed by atoms with E-state index in [0.29, 0.717) is 4.90 Å². The van der Waals surface area contributed by atoms with Crippen molar-refractivity contribution >= 4 is 29.0 Å². The summed E-state index contributed by atoms with van der Waals surface area (Å²) in [4.78, 5) is 17.6. The van der Waals surface area contributed by atoms with Crippen LogP contribution in [0.25, 0.3) is 0 Å². The highest BCUT2D eigenvalue weighted by atomic mass is 32.2. The Morgan fingerprint density at radius 1 is 1.15 bits per heavy atom. The molecule has 4 nitrogen and oxygen atoms in total. The van der Waals surface area contributed by atoms with Crippen molar-refractivity contribution in [1.82, 2.24) is 4.90 Å². The second-order valence-electron chi connectivity index (χ2n) is 6.69. The summed E-state index contributed by atoms with van der Waals surface area (Å²) in [6.45, 7) is 9.52. The van der Waals surface area contributed by atoms with Crippen LogP contribution >= 0.6 is 11.8 Å². The first-order valence-electron chi connectivity index (χ1n) is 9.32. The Labute approximate surface area is 164 Å². The summed E-state index contributed by atoms with van der Waals surface area (Å²) in [6.07, 6.45) is 0. The van der Waals surface area contributed by atoms with E-state index in [-0.39, 0.29) is 17.5 Å². The minimum absolute atomic E-state index is 0.129. The monoisotopic (exact) mass is 387 g/mol. The highest BCUT2D eigenvalue weighted by Gasteiger charge is 2.16. The van der Waals surface area contributed by atoms with Gasteiger partial charge in [-0.1, -0.05) is 19.1 Å². The number of nitrogens with zero attached hydrogens (tertiary/aromatic N) is 2. The van der Waals surface area contributed by atoms with Gasteiger partial charge in [-0.3, -0.25) is 4.79 Å². The SMILES string of the molecule is CCN1CCN(c2ccc(NC(=O)CSc3ccccc3F)c(C)c2)CC1. The summed E-state index contributed by atoms with van der Waals surface area (Å²) in [5.74, 6) is -0.240. The molecule has 1 aliphatic rings. The standard InChI is InChI=1S/C21H26FN3OS/c1-3-24-10-12-25(13-11-24)17-8-9-19(16(2)14-17)23-21(26)15-27-20-7-5-4-6-18(20)22/h4-9,14H,3,10-13,15H2,1-2H3,(H,23,26). The van der Waals surface area contributed by atoms with Gasteiger partial charge in [0.25, 0.3) is 0 Å². The molecule has 1 N–H and O–H groups in total. The summed E-state index contributed by atoms with van der Waals surface area (Å²) >= 11 is 1.21. The maximum atomic E-state index is 13.6. The molecule has 2 aromatic rings. The normalized spacial score (nSPS) is 15.0. The number of piperazine rings is 1. The van der Waals surface area contributed by atoms with Crippen molar-refractivity contribution in [1.29, 1.82) is 0 Å². The fourth-order valence-electron chi connectivity index (χ4n) is 3.20. The number of anilines is 2. The zero-order chi connectivity index (χ0) is 19.2. The number of halogens is 1. The molecule has 144 valence electrons. The van der Waals surface area contributed by atoms with Gasteiger partial charge in [-0.25, -0.2) is 4.39 Å². The van der Waals surface area contributed by atoms with Crippen LogP contribution in [-0.4, -0.2) is 49.3 Å². The molecule has 0 aliphatic carbocycles. The van der Waals surface area contributed by atoms with Crippen LogP contribution in [0.5, 0.6) is 0 Å². The Bertz CT molecular complexity index is 791. The molecule has 0 radical (unpaired) electrons. The number of thioether (sulfide) groups is 1. The van der Waals surface area contributed by atoms with Gasteiger partial charge in [-0.2, -0.15) is 0 Å². The van der Waals surface area contributed by atoms with E-state index in [0.717, 1.165) is 44.0 Å². The van der Waals surface area contributed by atoms with Gasteiger partial charge in [0.15, 0.2) is 0 Å². The molecule has 27 heavy (non-hydrogen) atoms. The molecule has 0 spiro atoms. The predicted molar refractivity (Wildman–Crippen MR) is 111 cm³/mol. The van der Waals surface area contributed by atoms with Gasteiger partial charge in [0.2, 0.25) is 5.91 Å². The zero-order valence-corrected chi connectivity index (χ0v) is 16.7. The fourth-order valence-corrected chi connectivity index (χ4v) is 3.94. The largest absolute Gasteiger partial charge is 0.369 e. The lowest BCUT2D eigenvalue weighted by Crippen LogP contribution is -2.46. The van der Waals surface area contributed by atoms with Crippen LogP contribution in [0.2, 0.25) is 0 Å². The molecule has 0 bridgehead atoms. The summed E-state index contributed by atoms with van der Waals surface area (Å²) < 4.78 is 13.6. The van der Waals surface area contributed by atoms with Crippen LogP contribution in [0.1, 0.15) is 12.5 Å². The first-order valence-corrected chi connectivity index (χ1v) is 10.3. The van der Waals surface area contributed by atoms with E-state index in [1.165, 1.54) is 23.5 Å². The third-order valence-electron chi connectivity index (χ3n) is 4.86. The minimum atomic E-state index is -0.293. The van der Waals surface area contributed by atoms with Gasteiger partial charge in [0.05, 0.1) is 5.75 Å². The predicted octanol–water partition coefficient (Wildman–Crippen LogP) is 4.01.